The monoisotopic (exact) mass is 585 g/mol. The molecule has 2 atom stereocenters. The average molecular weight is 586 g/mol. The Balaban J connectivity index is 1.25. The molecule has 4 aromatic rings. The van der Waals surface area contributed by atoms with Gasteiger partial charge in [0, 0.05) is 44.1 Å². The standard InChI is InChI=1S/C31H35N7O3S/c1-21-27(25-19-24(12-15-38(25)35-21)40-18-16-37-13-10-23(39)11-14-37)30-34-28(22-7-3-2-4-8-22)29(42-30)31(32-20-33-36-31)26-9-5-6-17-41-26/h2-4,7-8,12,15,19-20,23,26,39H,5-6,9-11,13-14,16-18H2,1H3. The molecule has 3 aliphatic heterocycles. The Morgan fingerprint density at radius 1 is 1.12 bits per heavy atom. The van der Waals surface area contributed by atoms with Crippen LogP contribution in [-0.4, -0.2) is 76.0 Å². The predicted molar refractivity (Wildman–Crippen MR) is 162 cm³/mol. The Bertz CT molecular complexity index is 1590. The number of hydrogen-bond donors (Lipinski definition) is 1. The van der Waals surface area contributed by atoms with Gasteiger partial charge in [-0.2, -0.15) is 5.10 Å². The minimum atomic E-state index is -0.947. The number of aliphatic imine (C=N–C) groups is 1. The molecule has 0 amide bonds. The number of nitrogens with zero attached hydrogens (tertiary/aromatic N) is 7. The molecule has 10 nitrogen and oxygen atoms in total. The Labute approximate surface area is 248 Å². The van der Waals surface area contributed by atoms with Crippen LogP contribution in [0.25, 0.3) is 27.3 Å². The molecular weight excluding hydrogens is 550 g/mol. The highest BCUT2D eigenvalue weighted by molar-refractivity contribution is 7.15. The van der Waals surface area contributed by atoms with Gasteiger partial charge in [-0.05, 0) is 45.1 Å². The van der Waals surface area contributed by atoms with E-state index in [0.717, 1.165) is 95.4 Å². The molecule has 2 fully saturated rings. The molecule has 1 aromatic carbocycles. The van der Waals surface area contributed by atoms with Crippen LogP contribution in [0.15, 0.2) is 63.9 Å². The summed E-state index contributed by atoms with van der Waals surface area (Å²) in [5.74, 6) is 0.794. The number of rotatable bonds is 8. The highest BCUT2D eigenvalue weighted by Gasteiger charge is 2.48. The Morgan fingerprint density at radius 2 is 1.98 bits per heavy atom. The van der Waals surface area contributed by atoms with Crippen molar-refractivity contribution < 1.29 is 14.6 Å². The number of pyridine rings is 1. The zero-order chi connectivity index (χ0) is 28.5. The van der Waals surface area contributed by atoms with Crippen LogP contribution in [0.5, 0.6) is 5.75 Å². The fourth-order valence-electron chi connectivity index (χ4n) is 6.11. The summed E-state index contributed by atoms with van der Waals surface area (Å²) < 4.78 is 14.4. The lowest BCUT2D eigenvalue weighted by atomic mass is 9.93. The minimum Gasteiger partial charge on any atom is -0.492 e. The maximum Gasteiger partial charge on any atom is 0.234 e. The maximum absolute atomic E-state index is 9.79. The lowest BCUT2D eigenvalue weighted by Crippen LogP contribution is -2.39. The third kappa shape index (κ3) is 5.15. The van der Waals surface area contributed by atoms with Crippen molar-refractivity contribution in [2.45, 2.75) is 56.9 Å². The first-order valence-electron chi connectivity index (χ1n) is 14.8. The fraction of sp³-hybridized carbons (Fsp3) is 0.452. The summed E-state index contributed by atoms with van der Waals surface area (Å²) in [6.45, 7) is 5.94. The van der Waals surface area contributed by atoms with E-state index in [1.807, 2.05) is 48.0 Å². The van der Waals surface area contributed by atoms with Crippen molar-refractivity contribution >= 4 is 23.2 Å². The molecule has 0 saturated carbocycles. The molecular formula is C31H35N7O3S. The molecule has 2 unspecified atom stereocenters. The first kappa shape index (κ1) is 27.3. The van der Waals surface area contributed by atoms with E-state index in [-0.39, 0.29) is 12.2 Å². The smallest absolute Gasteiger partial charge is 0.234 e. The van der Waals surface area contributed by atoms with Gasteiger partial charge in [0.25, 0.3) is 0 Å². The van der Waals surface area contributed by atoms with E-state index < -0.39 is 5.66 Å². The van der Waals surface area contributed by atoms with Crippen LogP contribution in [0.4, 0.5) is 0 Å². The van der Waals surface area contributed by atoms with Gasteiger partial charge in [0.2, 0.25) is 5.66 Å². The van der Waals surface area contributed by atoms with E-state index >= 15 is 0 Å². The van der Waals surface area contributed by atoms with Gasteiger partial charge in [-0.1, -0.05) is 30.3 Å². The zero-order valence-corrected chi connectivity index (χ0v) is 24.5. The third-order valence-corrected chi connectivity index (χ3v) is 9.57. The summed E-state index contributed by atoms with van der Waals surface area (Å²) in [6, 6.07) is 14.2. The first-order chi connectivity index (χ1) is 20.6. The number of hydrogen-bond acceptors (Lipinski definition) is 10. The summed E-state index contributed by atoms with van der Waals surface area (Å²) in [6.07, 6.45) is 7.75. The summed E-state index contributed by atoms with van der Waals surface area (Å²) in [4.78, 5) is 13.4. The van der Waals surface area contributed by atoms with Crippen molar-refractivity contribution in [2.24, 2.45) is 15.2 Å². The van der Waals surface area contributed by atoms with Crippen molar-refractivity contribution in [3.05, 3.63) is 59.2 Å². The van der Waals surface area contributed by atoms with Gasteiger partial charge in [-0.15, -0.1) is 21.6 Å². The predicted octanol–water partition coefficient (Wildman–Crippen LogP) is 5.48. The van der Waals surface area contributed by atoms with Gasteiger partial charge in [0.15, 0.2) is 0 Å². The molecule has 3 aliphatic rings. The summed E-state index contributed by atoms with van der Waals surface area (Å²) in [5.41, 5.74) is 3.70. The topological polar surface area (TPSA) is 109 Å². The molecule has 42 heavy (non-hydrogen) atoms. The molecule has 6 heterocycles. The summed E-state index contributed by atoms with van der Waals surface area (Å²) >= 11 is 1.59. The highest BCUT2D eigenvalue weighted by Crippen LogP contribution is 2.49. The molecule has 218 valence electrons. The number of likely N-dealkylation sites (tertiary alicyclic amines) is 1. The van der Waals surface area contributed by atoms with E-state index in [2.05, 4.69) is 22.1 Å². The number of fused-ring (bicyclic) bond motifs is 1. The SMILES string of the molecule is Cc1nn2ccc(OCCN3CCC(O)CC3)cc2c1-c1nc(-c2ccccc2)c(C2(C3CCCCO3)N=CN=N2)s1. The van der Waals surface area contributed by atoms with Gasteiger partial charge in [-0.25, -0.2) is 14.5 Å². The van der Waals surface area contributed by atoms with Gasteiger partial charge in [-0.3, -0.25) is 4.90 Å². The Hall–Kier alpha value is -3.51. The van der Waals surface area contributed by atoms with E-state index in [1.165, 1.54) is 0 Å². The number of ether oxygens (including phenoxy) is 2. The second-order valence-corrected chi connectivity index (χ2v) is 12.2. The van der Waals surface area contributed by atoms with Crippen molar-refractivity contribution in [1.82, 2.24) is 19.5 Å². The number of aliphatic hydroxyl groups excluding tert-OH is 1. The van der Waals surface area contributed by atoms with Gasteiger partial charge in [0.05, 0.1) is 33.4 Å². The van der Waals surface area contributed by atoms with E-state index in [9.17, 15) is 5.11 Å². The summed E-state index contributed by atoms with van der Waals surface area (Å²) in [5, 5.41) is 24.4. The number of aromatic nitrogens is 3. The molecule has 0 spiro atoms. The van der Waals surface area contributed by atoms with Gasteiger partial charge >= 0.3 is 0 Å². The van der Waals surface area contributed by atoms with Crippen LogP contribution in [0.1, 0.15) is 42.7 Å². The van der Waals surface area contributed by atoms with Crippen LogP contribution >= 0.6 is 11.3 Å². The lowest BCUT2D eigenvalue weighted by molar-refractivity contribution is -0.0305. The van der Waals surface area contributed by atoms with E-state index in [1.54, 1.807) is 17.7 Å². The second-order valence-electron chi connectivity index (χ2n) is 11.2. The lowest BCUT2D eigenvalue weighted by Gasteiger charge is -2.33. The van der Waals surface area contributed by atoms with Gasteiger partial charge < -0.3 is 14.6 Å². The van der Waals surface area contributed by atoms with Gasteiger partial charge in [0.1, 0.15) is 29.8 Å². The quantitative estimate of drug-likeness (QED) is 0.293. The van der Waals surface area contributed by atoms with Crippen molar-refractivity contribution in [3.63, 3.8) is 0 Å². The largest absolute Gasteiger partial charge is 0.492 e. The summed E-state index contributed by atoms with van der Waals surface area (Å²) in [7, 11) is 0. The van der Waals surface area contributed by atoms with Crippen LogP contribution in [0.2, 0.25) is 0 Å². The van der Waals surface area contributed by atoms with Crippen molar-refractivity contribution in [1.29, 1.82) is 0 Å². The highest BCUT2D eigenvalue weighted by atomic mass is 32.1. The second kappa shape index (κ2) is 11.6. The van der Waals surface area contributed by atoms with Crippen LogP contribution in [0.3, 0.4) is 0 Å². The number of aryl methyl sites for hydroxylation is 1. The van der Waals surface area contributed by atoms with Crippen LogP contribution < -0.4 is 4.74 Å². The number of piperidine rings is 1. The number of benzene rings is 1. The number of aliphatic hydroxyl groups is 1. The van der Waals surface area contributed by atoms with Crippen molar-refractivity contribution in [2.75, 3.05) is 32.8 Å². The number of azo groups is 1. The van der Waals surface area contributed by atoms with Crippen LogP contribution in [0, 0.1) is 6.92 Å². The Morgan fingerprint density at radius 3 is 2.74 bits per heavy atom. The molecule has 2 saturated heterocycles. The molecule has 0 bridgehead atoms. The van der Waals surface area contributed by atoms with Crippen LogP contribution in [-0.2, 0) is 10.4 Å². The van der Waals surface area contributed by atoms with E-state index in [4.69, 9.17) is 29.7 Å². The van der Waals surface area contributed by atoms with E-state index in [0.29, 0.717) is 13.2 Å². The molecule has 0 radical (unpaired) electrons. The maximum atomic E-state index is 9.79. The molecule has 11 heteroatoms. The molecule has 0 aliphatic carbocycles. The normalized spacial score (nSPS) is 23.2. The molecule has 1 N–H and O–H groups in total. The average Bonchev–Trinajstić information content (AvgIpc) is 3.76. The molecule has 3 aromatic heterocycles. The number of thiazole rings is 1. The zero-order valence-electron chi connectivity index (χ0n) is 23.7. The molecule has 7 rings (SSSR count). The van der Waals surface area contributed by atoms with Crippen molar-refractivity contribution in [3.8, 4) is 27.6 Å². The third-order valence-electron chi connectivity index (χ3n) is 8.38. The Kier molecular flexibility index (Phi) is 7.57. The first-order valence-corrected chi connectivity index (χ1v) is 15.6. The minimum absolute atomic E-state index is 0.171. The fourth-order valence-corrected chi connectivity index (χ4v) is 7.43.